The maximum atomic E-state index is 5.17. The van der Waals surface area contributed by atoms with Crippen molar-refractivity contribution in [3.05, 3.63) is 40.9 Å². The van der Waals surface area contributed by atoms with E-state index in [0.717, 1.165) is 17.6 Å². The highest BCUT2D eigenvalue weighted by atomic mass is 32.1. The number of nitrogens with zero attached hydrogens (tertiary/aromatic N) is 1. The van der Waals surface area contributed by atoms with Crippen LogP contribution in [0.4, 0.5) is 0 Å². The van der Waals surface area contributed by atoms with E-state index in [9.17, 15) is 0 Å². The third-order valence-electron chi connectivity index (χ3n) is 3.18. The van der Waals surface area contributed by atoms with Crippen molar-refractivity contribution in [1.29, 1.82) is 0 Å². The molecule has 0 radical (unpaired) electrons. The Labute approximate surface area is 117 Å². The fourth-order valence-electron chi connectivity index (χ4n) is 2.02. The molecule has 0 unspecified atom stereocenters. The predicted octanol–water partition coefficient (Wildman–Crippen LogP) is 3.21. The lowest BCUT2D eigenvalue weighted by atomic mass is 10.1. The summed E-state index contributed by atoms with van der Waals surface area (Å²) in [6.45, 7) is 1.59. The van der Waals surface area contributed by atoms with Crippen LogP contribution in [0.15, 0.2) is 30.5 Å². The molecule has 0 atom stereocenters. The van der Waals surface area contributed by atoms with Crippen molar-refractivity contribution in [2.75, 3.05) is 7.11 Å². The zero-order valence-electron chi connectivity index (χ0n) is 11.1. The number of hydrogen-bond donors (Lipinski definition) is 1. The van der Waals surface area contributed by atoms with E-state index < -0.39 is 0 Å². The number of hydrogen-bond acceptors (Lipinski definition) is 4. The van der Waals surface area contributed by atoms with Gasteiger partial charge in [-0.15, -0.1) is 11.3 Å². The molecule has 3 nitrogen and oxygen atoms in total. The summed E-state index contributed by atoms with van der Waals surface area (Å²) in [5.41, 5.74) is 2.37. The molecule has 1 aromatic carbocycles. The molecule has 4 heteroatoms. The van der Waals surface area contributed by atoms with Crippen LogP contribution in [0.2, 0.25) is 0 Å². The van der Waals surface area contributed by atoms with E-state index in [1.807, 2.05) is 6.20 Å². The van der Waals surface area contributed by atoms with E-state index in [-0.39, 0.29) is 0 Å². The van der Waals surface area contributed by atoms with Crippen LogP contribution in [0.5, 0.6) is 0 Å². The van der Waals surface area contributed by atoms with Gasteiger partial charge in [0.05, 0.1) is 6.61 Å². The zero-order chi connectivity index (χ0) is 13.1. The van der Waals surface area contributed by atoms with Crippen LogP contribution in [0.3, 0.4) is 0 Å². The van der Waals surface area contributed by atoms with E-state index in [2.05, 4.69) is 34.6 Å². The van der Waals surface area contributed by atoms with Crippen molar-refractivity contribution in [3.63, 3.8) is 0 Å². The standard InChI is InChI=1S/C15H18N2OS/c1-18-10-11-3-2-4-12(7-11)15-17-9-14(19-15)8-16-13-5-6-13/h2-4,7,9,13,16H,5-6,8,10H2,1H3. The van der Waals surface area contributed by atoms with Crippen molar-refractivity contribution in [1.82, 2.24) is 10.3 Å². The molecule has 0 bridgehead atoms. The number of methoxy groups -OCH3 is 1. The topological polar surface area (TPSA) is 34.1 Å². The summed E-state index contributed by atoms with van der Waals surface area (Å²) in [7, 11) is 1.72. The molecule has 0 spiro atoms. The molecule has 1 aliphatic carbocycles. The molecule has 1 saturated carbocycles. The van der Waals surface area contributed by atoms with Gasteiger partial charge in [0.15, 0.2) is 0 Å². The van der Waals surface area contributed by atoms with Crippen LogP contribution in [-0.4, -0.2) is 18.1 Å². The molecule has 1 N–H and O–H groups in total. The fraction of sp³-hybridized carbons (Fsp3) is 0.400. The van der Waals surface area contributed by atoms with Crippen molar-refractivity contribution in [2.24, 2.45) is 0 Å². The van der Waals surface area contributed by atoms with Gasteiger partial charge in [0, 0.05) is 36.3 Å². The lowest BCUT2D eigenvalue weighted by molar-refractivity contribution is 0.185. The minimum atomic E-state index is 0.648. The number of rotatable bonds is 6. The number of ether oxygens (including phenoxy) is 1. The quantitative estimate of drug-likeness (QED) is 0.878. The molecular weight excluding hydrogens is 256 g/mol. The van der Waals surface area contributed by atoms with Gasteiger partial charge in [-0.1, -0.05) is 18.2 Å². The SMILES string of the molecule is COCc1cccc(-c2ncc(CNC3CC3)s2)c1. The monoisotopic (exact) mass is 274 g/mol. The predicted molar refractivity (Wildman–Crippen MR) is 78.1 cm³/mol. The van der Waals surface area contributed by atoms with Crippen LogP contribution in [0.25, 0.3) is 10.6 Å². The zero-order valence-corrected chi connectivity index (χ0v) is 11.9. The number of benzene rings is 1. The minimum Gasteiger partial charge on any atom is -0.380 e. The summed E-state index contributed by atoms with van der Waals surface area (Å²) in [6, 6.07) is 9.15. The molecule has 1 aromatic heterocycles. The lowest BCUT2D eigenvalue weighted by Crippen LogP contribution is -2.14. The highest BCUT2D eigenvalue weighted by Gasteiger charge is 2.20. The van der Waals surface area contributed by atoms with Gasteiger partial charge in [0.2, 0.25) is 0 Å². The third-order valence-corrected chi connectivity index (χ3v) is 4.23. The second-order valence-corrected chi connectivity index (χ2v) is 6.04. The summed E-state index contributed by atoms with van der Waals surface area (Å²) in [6.07, 6.45) is 4.63. The molecule has 2 aromatic rings. The lowest BCUT2D eigenvalue weighted by Gasteiger charge is -2.02. The van der Waals surface area contributed by atoms with Gasteiger partial charge in [-0.2, -0.15) is 0 Å². The highest BCUT2D eigenvalue weighted by Crippen LogP contribution is 2.27. The summed E-state index contributed by atoms with van der Waals surface area (Å²) in [5, 5.41) is 4.61. The summed E-state index contributed by atoms with van der Waals surface area (Å²) >= 11 is 1.77. The smallest absolute Gasteiger partial charge is 0.123 e. The van der Waals surface area contributed by atoms with Crippen LogP contribution in [-0.2, 0) is 17.9 Å². The Bertz CT molecular complexity index is 549. The van der Waals surface area contributed by atoms with Crippen molar-refractivity contribution in [2.45, 2.75) is 32.0 Å². The van der Waals surface area contributed by atoms with Gasteiger partial charge < -0.3 is 10.1 Å². The Morgan fingerprint density at radius 1 is 1.42 bits per heavy atom. The Morgan fingerprint density at radius 2 is 2.32 bits per heavy atom. The van der Waals surface area contributed by atoms with Crippen LogP contribution >= 0.6 is 11.3 Å². The number of nitrogens with one attached hydrogen (secondary N) is 1. The summed E-state index contributed by atoms with van der Waals surface area (Å²) < 4.78 is 5.17. The van der Waals surface area contributed by atoms with E-state index in [0.29, 0.717) is 6.61 Å². The Hall–Kier alpha value is -1.23. The number of aromatic nitrogens is 1. The van der Waals surface area contributed by atoms with Crippen LogP contribution in [0.1, 0.15) is 23.3 Å². The molecule has 1 heterocycles. The minimum absolute atomic E-state index is 0.648. The van der Waals surface area contributed by atoms with E-state index in [1.54, 1.807) is 18.4 Å². The van der Waals surface area contributed by atoms with Gasteiger partial charge in [-0.05, 0) is 24.5 Å². The van der Waals surface area contributed by atoms with E-state index >= 15 is 0 Å². The molecule has 19 heavy (non-hydrogen) atoms. The van der Waals surface area contributed by atoms with Crippen LogP contribution < -0.4 is 5.32 Å². The van der Waals surface area contributed by atoms with E-state index in [4.69, 9.17) is 4.74 Å². The Kier molecular flexibility index (Phi) is 3.92. The summed E-state index contributed by atoms with van der Waals surface area (Å²) in [4.78, 5) is 5.83. The van der Waals surface area contributed by atoms with Gasteiger partial charge in [-0.25, -0.2) is 4.98 Å². The Balaban J connectivity index is 1.71. The first-order chi connectivity index (χ1) is 9.35. The number of thiazole rings is 1. The second-order valence-electron chi connectivity index (χ2n) is 4.92. The van der Waals surface area contributed by atoms with Gasteiger partial charge in [0.1, 0.15) is 5.01 Å². The average Bonchev–Trinajstić information content (AvgIpc) is 3.14. The van der Waals surface area contributed by atoms with E-state index in [1.165, 1.54) is 28.8 Å². The fourth-order valence-corrected chi connectivity index (χ4v) is 2.88. The molecule has 1 aliphatic rings. The first-order valence-corrected chi connectivity index (χ1v) is 7.43. The van der Waals surface area contributed by atoms with Crippen LogP contribution in [0, 0.1) is 0 Å². The first kappa shape index (κ1) is 12.8. The van der Waals surface area contributed by atoms with Gasteiger partial charge in [0.25, 0.3) is 0 Å². The maximum Gasteiger partial charge on any atom is 0.123 e. The van der Waals surface area contributed by atoms with Gasteiger partial charge in [-0.3, -0.25) is 0 Å². The molecule has 100 valence electrons. The second kappa shape index (κ2) is 5.82. The molecule has 3 rings (SSSR count). The molecule has 0 aliphatic heterocycles. The average molecular weight is 274 g/mol. The maximum absolute atomic E-state index is 5.17. The normalized spacial score (nSPS) is 14.8. The Morgan fingerprint density at radius 3 is 3.11 bits per heavy atom. The largest absolute Gasteiger partial charge is 0.380 e. The highest BCUT2D eigenvalue weighted by molar-refractivity contribution is 7.15. The molecule has 1 fully saturated rings. The van der Waals surface area contributed by atoms with Gasteiger partial charge >= 0.3 is 0 Å². The van der Waals surface area contributed by atoms with Crippen molar-refractivity contribution in [3.8, 4) is 10.6 Å². The molecule has 0 amide bonds. The van der Waals surface area contributed by atoms with Crippen molar-refractivity contribution >= 4 is 11.3 Å². The molecule has 0 saturated heterocycles. The first-order valence-electron chi connectivity index (χ1n) is 6.61. The van der Waals surface area contributed by atoms with Crippen molar-refractivity contribution < 1.29 is 4.74 Å². The third kappa shape index (κ3) is 3.41. The summed E-state index contributed by atoms with van der Waals surface area (Å²) in [5.74, 6) is 0. The molecular formula is C15H18N2OS.